The molecule has 2 radical (unpaired) electrons. The van der Waals surface area contributed by atoms with Crippen LogP contribution in [0.4, 0.5) is 5.69 Å². The fourth-order valence-electron chi connectivity index (χ4n) is 4.08. The van der Waals surface area contributed by atoms with Crippen LogP contribution in [0, 0.1) is 33.4 Å². The highest BCUT2D eigenvalue weighted by Crippen LogP contribution is 2.36. The number of anilines is 1. The Morgan fingerprint density at radius 3 is 2.35 bits per heavy atom. The highest BCUT2D eigenvalue weighted by atomic mass is 15.3. The van der Waals surface area contributed by atoms with Gasteiger partial charge >= 0.3 is 0 Å². The molecule has 1 aromatic carbocycles. The maximum absolute atomic E-state index is 3.40. The van der Waals surface area contributed by atoms with Crippen LogP contribution in [0.15, 0.2) is 12.1 Å². The number of hydrogen-bond acceptors (Lipinski definition) is 2. The van der Waals surface area contributed by atoms with Gasteiger partial charge in [-0.15, -0.1) is 0 Å². The summed E-state index contributed by atoms with van der Waals surface area (Å²) in [6.07, 6.45) is 7.00. The first-order valence-corrected chi connectivity index (χ1v) is 8.02. The molecule has 1 atom stereocenters. The van der Waals surface area contributed by atoms with Crippen molar-refractivity contribution in [2.45, 2.75) is 58.9 Å². The van der Waals surface area contributed by atoms with Crippen LogP contribution >= 0.6 is 0 Å². The Bertz CT molecular complexity index is 451. The molecule has 1 saturated heterocycles. The van der Waals surface area contributed by atoms with Gasteiger partial charge < -0.3 is 4.90 Å². The van der Waals surface area contributed by atoms with Crippen LogP contribution in [0.25, 0.3) is 0 Å². The lowest BCUT2D eigenvalue weighted by Gasteiger charge is -2.35. The first kappa shape index (κ1) is 13.9. The molecule has 1 unspecified atom stereocenters. The molecule has 3 rings (SSSR count). The van der Waals surface area contributed by atoms with Crippen molar-refractivity contribution in [2.75, 3.05) is 11.4 Å². The van der Waals surface area contributed by atoms with Crippen molar-refractivity contribution in [3.05, 3.63) is 35.5 Å². The number of rotatable bonds is 2. The standard InChI is InChI=1S/C18H26N2/c1-13-9-14(2)18(15(3)10-13)20-12-19-11-17(20)16-7-5-4-6-8-16/h9-10,16-17,19H,4-8,11H2,1-3H3. The van der Waals surface area contributed by atoms with Gasteiger partial charge in [0.1, 0.15) is 0 Å². The molecule has 1 aromatic rings. The van der Waals surface area contributed by atoms with Crippen LogP contribution in [0.1, 0.15) is 48.8 Å². The number of nitrogens with one attached hydrogen (secondary N) is 1. The highest BCUT2D eigenvalue weighted by Gasteiger charge is 2.34. The number of aryl methyl sites for hydroxylation is 3. The summed E-state index contributed by atoms with van der Waals surface area (Å²) in [5.41, 5.74) is 5.47. The largest absolute Gasteiger partial charge is 0.342 e. The van der Waals surface area contributed by atoms with E-state index in [4.69, 9.17) is 0 Å². The maximum Gasteiger partial charge on any atom is 0.174 e. The van der Waals surface area contributed by atoms with Crippen molar-refractivity contribution in [2.24, 2.45) is 5.92 Å². The van der Waals surface area contributed by atoms with Crippen LogP contribution < -0.4 is 10.2 Å². The molecule has 0 bridgehead atoms. The molecule has 2 nitrogen and oxygen atoms in total. The lowest BCUT2D eigenvalue weighted by molar-refractivity contribution is 0.313. The average molecular weight is 270 g/mol. The molecule has 0 aromatic heterocycles. The average Bonchev–Trinajstić information content (AvgIpc) is 2.87. The van der Waals surface area contributed by atoms with E-state index in [1.165, 1.54) is 54.5 Å². The summed E-state index contributed by atoms with van der Waals surface area (Å²) < 4.78 is 0. The summed E-state index contributed by atoms with van der Waals surface area (Å²) in [6.45, 7) is 11.1. The van der Waals surface area contributed by atoms with E-state index >= 15 is 0 Å². The highest BCUT2D eigenvalue weighted by molar-refractivity contribution is 5.62. The lowest BCUT2D eigenvalue weighted by Crippen LogP contribution is -2.37. The predicted molar refractivity (Wildman–Crippen MR) is 84.7 cm³/mol. The van der Waals surface area contributed by atoms with E-state index in [0.29, 0.717) is 6.04 Å². The fraction of sp³-hybridized carbons (Fsp3) is 0.611. The Labute approximate surface area is 123 Å². The third kappa shape index (κ3) is 2.58. The Morgan fingerprint density at radius 1 is 1.05 bits per heavy atom. The summed E-state index contributed by atoms with van der Waals surface area (Å²) >= 11 is 0. The van der Waals surface area contributed by atoms with Crippen molar-refractivity contribution in [3.63, 3.8) is 0 Å². The van der Waals surface area contributed by atoms with Gasteiger partial charge in [-0.25, -0.2) is 0 Å². The predicted octanol–water partition coefficient (Wildman–Crippen LogP) is 3.97. The fourth-order valence-corrected chi connectivity index (χ4v) is 4.08. The Morgan fingerprint density at radius 2 is 1.70 bits per heavy atom. The van der Waals surface area contributed by atoms with Gasteiger partial charge in [-0.2, -0.15) is 0 Å². The van der Waals surface area contributed by atoms with Crippen molar-refractivity contribution in [1.29, 1.82) is 0 Å². The summed E-state index contributed by atoms with van der Waals surface area (Å²) in [6, 6.07) is 5.18. The van der Waals surface area contributed by atoms with Gasteiger partial charge in [-0.05, 0) is 50.7 Å². The van der Waals surface area contributed by atoms with Gasteiger partial charge in [0.25, 0.3) is 0 Å². The van der Waals surface area contributed by atoms with Crippen LogP contribution in [0.3, 0.4) is 0 Å². The monoisotopic (exact) mass is 270 g/mol. The van der Waals surface area contributed by atoms with E-state index in [0.717, 1.165) is 12.5 Å². The summed E-state index contributed by atoms with van der Waals surface area (Å²) in [5.74, 6) is 0.825. The number of benzene rings is 1. The van der Waals surface area contributed by atoms with Crippen molar-refractivity contribution in [3.8, 4) is 0 Å². The Balaban J connectivity index is 1.88. The van der Waals surface area contributed by atoms with Gasteiger partial charge in [0.05, 0.1) is 0 Å². The van der Waals surface area contributed by atoms with Crippen LogP contribution in [-0.2, 0) is 0 Å². The number of hydrogen-bond donors (Lipinski definition) is 1. The zero-order chi connectivity index (χ0) is 14.1. The van der Waals surface area contributed by atoms with Gasteiger partial charge in [0, 0.05) is 18.3 Å². The van der Waals surface area contributed by atoms with Gasteiger partial charge in [-0.1, -0.05) is 37.0 Å². The van der Waals surface area contributed by atoms with Crippen LogP contribution in [-0.4, -0.2) is 12.6 Å². The van der Waals surface area contributed by atoms with Crippen molar-refractivity contribution < 1.29 is 0 Å². The van der Waals surface area contributed by atoms with E-state index < -0.39 is 0 Å². The molecule has 2 aliphatic rings. The second-order valence-corrected chi connectivity index (χ2v) is 6.58. The second kappa shape index (κ2) is 5.77. The molecular formula is C18H26N2. The summed E-state index contributed by atoms with van der Waals surface area (Å²) in [7, 11) is 0. The minimum Gasteiger partial charge on any atom is -0.342 e. The SMILES string of the molecule is Cc1cc(C)c(N2[C]NCC2C2CCCCC2)c(C)c1. The molecule has 20 heavy (non-hydrogen) atoms. The van der Waals surface area contributed by atoms with Gasteiger partial charge in [0.2, 0.25) is 0 Å². The second-order valence-electron chi connectivity index (χ2n) is 6.58. The van der Waals surface area contributed by atoms with Crippen molar-refractivity contribution in [1.82, 2.24) is 5.32 Å². The third-order valence-corrected chi connectivity index (χ3v) is 4.91. The third-order valence-electron chi connectivity index (χ3n) is 4.91. The molecule has 1 aliphatic carbocycles. The zero-order valence-corrected chi connectivity index (χ0v) is 13.0. The minimum absolute atomic E-state index is 0.593. The first-order valence-electron chi connectivity index (χ1n) is 8.02. The normalized spacial score (nSPS) is 24.4. The molecular weight excluding hydrogens is 244 g/mol. The van der Waals surface area contributed by atoms with Gasteiger partial charge in [-0.3, -0.25) is 5.32 Å². The van der Waals surface area contributed by atoms with E-state index in [1.807, 2.05) is 0 Å². The first-order chi connectivity index (χ1) is 9.66. The Kier molecular flexibility index (Phi) is 4.02. The molecule has 0 spiro atoms. The Hall–Kier alpha value is -1.02. The molecule has 2 heteroatoms. The molecule has 1 heterocycles. The van der Waals surface area contributed by atoms with E-state index in [1.54, 1.807) is 0 Å². The summed E-state index contributed by atoms with van der Waals surface area (Å²) in [4.78, 5) is 2.40. The molecule has 0 amide bonds. The maximum atomic E-state index is 3.40. The van der Waals surface area contributed by atoms with Crippen LogP contribution in [0.2, 0.25) is 0 Å². The zero-order valence-electron chi connectivity index (χ0n) is 13.0. The van der Waals surface area contributed by atoms with Crippen molar-refractivity contribution >= 4 is 5.69 Å². The van der Waals surface area contributed by atoms with Crippen LogP contribution in [0.5, 0.6) is 0 Å². The topological polar surface area (TPSA) is 15.3 Å². The van der Waals surface area contributed by atoms with E-state index in [9.17, 15) is 0 Å². The quantitative estimate of drug-likeness (QED) is 0.875. The summed E-state index contributed by atoms with van der Waals surface area (Å²) in [5, 5.41) is 3.36. The van der Waals surface area contributed by atoms with Gasteiger partial charge in [0.15, 0.2) is 6.67 Å². The lowest BCUT2D eigenvalue weighted by atomic mass is 9.83. The van der Waals surface area contributed by atoms with E-state index in [2.05, 4.69) is 49.8 Å². The molecule has 108 valence electrons. The minimum atomic E-state index is 0.593. The van der Waals surface area contributed by atoms with E-state index in [-0.39, 0.29) is 0 Å². The molecule has 1 aliphatic heterocycles. The molecule has 2 fully saturated rings. The molecule has 1 saturated carbocycles. The number of nitrogens with zero attached hydrogens (tertiary/aromatic N) is 1. The molecule has 1 N–H and O–H groups in total. The smallest absolute Gasteiger partial charge is 0.174 e.